The second-order valence-corrected chi connectivity index (χ2v) is 12.1. The molecule has 42 heavy (non-hydrogen) atoms. The van der Waals surface area contributed by atoms with E-state index in [0.717, 1.165) is 48.8 Å². The molecule has 0 bridgehead atoms. The van der Waals surface area contributed by atoms with Gasteiger partial charge in [-0.3, -0.25) is 9.59 Å². The molecular weight excluding hydrogens is 577 g/mol. The van der Waals surface area contributed by atoms with Gasteiger partial charge in [0.05, 0.1) is 19.8 Å². The lowest BCUT2D eigenvalue weighted by Gasteiger charge is -2.36. The van der Waals surface area contributed by atoms with E-state index in [-0.39, 0.29) is 29.9 Å². The molecule has 0 saturated carbocycles. The summed E-state index contributed by atoms with van der Waals surface area (Å²) in [4.78, 5) is 44.0. The minimum absolute atomic E-state index is 0.00186. The summed E-state index contributed by atoms with van der Waals surface area (Å²) in [6.45, 7) is 6.76. The van der Waals surface area contributed by atoms with Gasteiger partial charge < -0.3 is 24.2 Å². The van der Waals surface area contributed by atoms with Crippen LogP contribution in [0, 0.1) is 5.92 Å². The van der Waals surface area contributed by atoms with Crippen molar-refractivity contribution < 1.29 is 23.9 Å². The highest BCUT2D eigenvalue weighted by atomic mass is 35.5. The predicted octanol–water partition coefficient (Wildman–Crippen LogP) is 5.92. The number of amides is 3. The third-order valence-electron chi connectivity index (χ3n) is 8.59. The summed E-state index contributed by atoms with van der Waals surface area (Å²) < 4.78 is 10.7. The molecule has 3 saturated heterocycles. The minimum Gasteiger partial charge on any atom is -0.449 e. The number of carbonyl (C=O) groups excluding carboxylic acids is 3. The molecule has 226 valence electrons. The molecule has 0 aliphatic carbocycles. The van der Waals surface area contributed by atoms with Gasteiger partial charge in [0.25, 0.3) is 5.91 Å². The molecule has 0 radical (unpaired) electrons. The Labute approximate surface area is 257 Å². The van der Waals surface area contributed by atoms with Crippen LogP contribution in [0.1, 0.15) is 54.9 Å². The van der Waals surface area contributed by atoms with Crippen LogP contribution in [0.3, 0.4) is 0 Å². The van der Waals surface area contributed by atoms with Crippen molar-refractivity contribution in [2.75, 3.05) is 52.5 Å². The minimum atomic E-state index is -0.252. The Hall–Kier alpha value is -2.81. The first-order valence-corrected chi connectivity index (χ1v) is 15.8. The molecule has 5 rings (SSSR count). The number of likely N-dealkylation sites (tertiary alicyclic amines) is 2. The second-order valence-electron chi connectivity index (χ2n) is 11.3. The third kappa shape index (κ3) is 7.04. The number of halogens is 2. The van der Waals surface area contributed by atoms with Gasteiger partial charge in [-0.25, -0.2) is 4.79 Å². The van der Waals surface area contributed by atoms with E-state index in [1.165, 1.54) is 0 Å². The molecule has 10 heteroatoms. The summed E-state index contributed by atoms with van der Waals surface area (Å²) in [6.07, 6.45) is 4.36. The fraction of sp³-hybridized carbons (Fsp3) is 0.531. The number of morpholine rings is 1. The molecule has 1 atom stereocenters. The normalized spacial score (nSPS) is 19.8. The highest BCUT2D eigenvalue weighted by molar-refractivity contribution is 6.36. The summed E-state index contributed by atoms with van der Waals surface area (Å²) in [5, 5.41) is 1.07. The molecule has 3 aliphatic rings. The maximum atomic E-state index is 13.4. The zero-order chi connectivity index (χ0) is 29.6. The van der Waals surface area contributed by atoms with Gasteiger partial charge in [-0.2, -0.15) is 0 Å². The van der Waals surface area contributed by atoms with E-state index < -0.39 is 0 Å². The number of hydrogen-bond acceptors (Lipinski definition) is 5. The lowest BCUT2D eigenvalue weighted by atomic mass is 9.95. The van der Waals surface area contributed by atoms with E-state index in [1.807, 2.05) is 41.3 Å². The van der Waals surface area contributed by atoms with Crippen molar-refractivity contribution in [3.63, 3.8) is 0 Å². The number of unbranched alkanes of at least 4 members (excludes halogenated alkanes) is 1. The van der Waals surface area contributed by atoms with E-state index in [9.17, 15) is 14.4 Å². The smallest absolute Gasteiger partial charge is 0.409 e. The molecule has 0 spiro atoms. The molecular formula is C32H39Cl2N3O5. The van der Waals surface area contributed by atoms with Gasteiger partial charge in [0, 0.05) is 60.3 Å². The molecule has 3 aliphatic heterocycles. The van der Waals surface area contributed by atoms with E-state index in [4.69, 9.17) is 32.7 Å². The lowest BCUT2D eigenvalue weighted by Crippen LogP contribution is -2.47. The Morgan fingerprint density at radius 2 is 1.57 bits per heavy atom. The first-order chi connectivity index (χ1) is 20.4. The third-order valence-corrected chi connectivity index (χ3v) is 9.27. The van der Waals surface area contributed by atoms with Crippen LogP contribution in [-0.4, -0.2) is 91.2 Å². The molecule has 3 heterocycles. The fourth-order valence-electron chi connectivity index (χ4n) is 6.04. The quantitative estimate of drug-likeness (QED) is 0.344. The standard InChI is InChI=1S/C32H39Cl2N3O5/c1-2-3-16-42-32(40)36-11-9-26(10-12-36)37-13-8-24(31(37)39)19-27-28(33)20-25(21-29(27)34)22-4-6-23(7-5-22)30(38)35-14-17-41-18-15-35/h4-7,20-21,24,26H,2-3,8-19H2,1H3/t24-/m0/s1. The summed E-state index contributed by atoms with van der Waals surface area (Å²) in [6, 6.07) is 11.4. The number of ether oxygens (including phenoxy) is 2. The van der Waals surface area contributed by atoms with Crippen molar-refractivity contribution in [2.45, 2.75) is 51.5 Å². The van der Waals surface area contributed by atoms with Gasteiger partial charge in [0.15, 0.2) is 0 Å². The Bertz CT molecular complexity index is 1250. The Kier molecular flexibility index (Phi) is 10.3. The van der Waals surface area contributed by atoms with Crippen molar-refractivity contribution in [3.05, 3.63) is 57.6 Å². The highest BCUT2D eigenvalue weighted by Crippen LogP contribution is 2.36. The van der Waals surface area contributed by atoms with Crippen molar-refractivity contribution in [1.29, 1.82) is 0 Å². The van der Waals surface area contributed by atoms with Crippen molar-refractivity contribution in [2.24, 2.45) is 5.92 Å². The number of benzene rings is 2. The SMILES string of the molecule is CCCCOC(=O)N1CCC(N2CC[C@@H](Cc3c(Cl)cc(-c4ccc(C(=O)N5CCOCC5)cc4)cc3Cl)C2=O)CC1. The van der Waals surface area contributed by atoms with Crippen LogP contribution in [0.25, 0.3) is 11.1 Å². The Balaban J connectivity index is 1.17. The Morgan fingerprint density at radius 3 is 2.21 bits per heavy atom. The van der Waals surface area contributed by atoms with E-state index in [2.05, 4.69) is 6.92 Å². The van der Waals surface area contributed by atoms with Crippen molar-refractivity contribution in [1.82, 2.24) is 14.7 Å². The van der Waals surface area contributed by atoms with Gasteiger partial charge in [-0.1, -0.05) is 48.7 Å². The zero-order valence-electron chi connectivity index (χ0n) is 24.2. The van der Waals surface area contributed by atoms with Crippen LogP contribution in [0.15, 0.2) is 36.4 Å². The van der Waals surface area contributed by atoms with Crippen LogP contribution in [0.5, 0.6) is 0 Å². The number of hydrogen-bond donors (Lipinski definition) is 0. The molecule has 2 aromatic carbocycles. The first-order valence-electron chi connectivity index (χ1n) is 15.0. The first kappa shape index (κ1) is 30.6. The summed E-state index contributed by atoms with van der Waals surface area (Å²) in [5.74, 6) is -0.0360. The molecule has 3 amide bonds. The second kappa shape index (κ2) is 14.1. The van der Waals surface area contributed by atoms with Crippen LogP contribution >= 0.6 is 23.2 Å². The van der Waals surface area contributed by atoms with Crippen LogP contribution in [0.4, 0.5) is 4.79 Å². The van der Waals surface area contributed by atoms with Gasteiger partial charge >= 0.3 is 6.09 Å². The van der Waals surface area contributed by atoms with Crippen molar-refractivity contribution >= 4 is 41.1 Å². The average Bonchev–Trinajstić information content (AvgIpc) is 3.38. The number of piperidine rings is 1. The molecule has 8 nitrogen and oxygen atoms in total. The summed E-state index contributed by atoms with van der Waals surface area (Å²) >= 11 is 13.5. The lowest BCUT2D eigenvalue weighted by molar-refractivity contribution is -0.133. The fourth-order valence-corrected chi connectivity index (χ4v) is 6.68. The van der Waals surface area contributed by atoms with Gasteiger partial charge in [0.2, 0.25) is 5.91 Å². The maximum Gasteiger partial charge on any atom is 0.409 e. The van der Waals surface area contributed by atoms with Gasteiger partial charge in [-0.15, -0.1) is 0 Å². The van der Waals surface area contributed by atoms with E-state index in [0.29, 0.717) is 74.6 Å². The van der Waals surface area contributed by atoms with Gasteiger partial charge in [0.1, 0.15) is 0 Å². The molecule has 0 unspecified atom stereocenters. The predicted molar refractivity (Wildman–Crippen MR) is 163 cm³/mol. The zero-order valence-corrected chi connectivity index (χ0v) is 25.7. The number of carbonyl (C=O) groups is 3. The van der Waals surface area contributed by atoms with Crippen LogP contribution in [-0.2, 0) is 20.7 Å². The molecule has 2 aromatic rings. The number of nitrogens with zero attached hydrogens (tertiary/aromatic N) is 3. The van der Waals surface area contributed by atoms with E-state index in [1.54, 1.807) is 9.80 Å². The number of rotatable bonds is 8. The molecule has 0 N–H and O–H groups in total. The van der Waals surface area contributed by atoms with Crippen LogP contribution < -0.4 is 0 Å². The topological polar surface area (TPSA) is 79.4 Å². The van der Waals surface area contributed by atoms with Crippen molar-refractivity contribution in [3.8, 4) is 11.1 Å². The molecule has 3 fully saturated rings. The summed E-state index contributed by atoms with van der Waals surface area (Å²) in [5.41, 5.74) is 3.19. The van der Waals surface area contributed by atoms with Crippen LogP contribution in [0.2, 0.25) is 10.0 Å². The largest absolute Gasteiger partial charge is 0.449 e. The maximum absolute atomic E-state index is 13.4. The van der Waals surface area contributed by atoms with E-state index >= 15 is 0 Å². The average molecular weight is 617 g/mol. The molecule has 0 aromatic heterocycles. The van der Waals surface area contributed by atoms with Gasteiger partial charge in [-0.05, 0) is 73.1 Å². The monoisotopic (exact) mass is 615 g/mol. The highest BCUT2D eigenvalue weighted by Gasteiger charge is 2.38. The summed E-state index contributed by atoms with van der Waals surface area (Å²) in [7, 11) is 0. The Morgan fingerprint density at radius 1 is 0.905 bits per heavy atom.